The molecule has 0 fully saturated rings. The van der Waals surface area contributed by atoms with E-state index in [1.807, 2.05) is 29.3 Å². The van der Waals surface area contributed by atoms with Gasteiger partial charge < -0.3 is 10.4 Å². The molecule has 1 atom stereocenters. The Balaban J connectivity index is 2.23. The van der Waals surface area contributed by atoms with Crippen LogP contribution in [0.4, 0.5) is 0 Å². The molecule has 2 N–H and O–H groups in total. The largest absolute Gasteiger partial charge is 0.383 e. The summed E-state index contributed by atoms with van der Waals surface area (Å²) in [6.07, 6.45) is 1.39. The van der Waals surface area contributed by atoms with Crippen molar-refractivity contribution in [2.75, 3.05) is 12.3 Å². The van der Waals surface area contributed by atoms with Crippen molar-refractivity contribution in [2.45, 2.75) is 50.9 Å². The monoisotopic (exact) mass is 315 g/mol. The molecular formula is C15H25NO2S2. The van der Waals surface area contributed by atoms with Crippen molar-refractivity contribution >= 4 is 29.0 Å². The molecule has 3 nitrogen and oxygen atoms in total. The lowest BCUT2D eigenvalue weighted by Crippen LogP contribution is -2.38. The first-order chi connectivity index (χ1) is 9.21. The summed E-state index contributed by atoms with van der Waals surface area (Å²) in [5.74, 6) is 0.995. The summed E-state index contributed by atoms with van der Waals surface area (Å²) in [6.45, 7) is 8.52. The molecule has 1 amide bonds. The van der Waals surface area contributed by atoms with Crippen LogP contribution in [0.2, 0.25) is 0 Å². The minimum absolute atomic E-state index is 0.0105. The summed E-state index contributed by atoms with van der Waals surface area (Å²) in [5.41, 5.74) is -0.982. The summed E-state index contributed by atoms with van der Waals surface area (Å²) < 4.78 is 0.249. The Hall–Kier alpha value is -0.520. The van der Waals surface area contributed by atoms with E-state index >= 15 is 0 Å². The Morgan fingerprint density at radius 3 is 2.65 bits per heavy atom. The van der Waals surface area contributed by atoms with Crippen molar-refractivity contribution < 1.29 is 9.90 Å². The van der Waals surface area contributed by atoms with Gasteiger partial charge in [0, 0.05) is 16.0 Å². The van der Waals surface area contributed by atoms with Crippen molar-refractivity contribution in [3.63, 3.8) is 0 Å². The molecule has 1 rings (SSSR count). The molecular weight excluding hydrogens is 290 g/mol. The lowest BCUT2D eigenvalue weighted by atomic mass is 10.1. The number of nitrogens with one attached hydrogen (secondary N) is 1. The third kappa shape index (κ3) is 6.77. The van der Waals surface area contributed by atoms with E-state index in [4.69, 9.17) is 0 Å². The van der Waals surface area contributed by atoms with Gasteiger partial charge in [0.05, 0.1) is 6.54 Å². The zero-order valence-corrected chi connectivity index (χ0v) is 14.4. The van der Waals surface area contributed by atoms with E-state index in [1.165, 1.54) is 11.3 Å². The van der Waals surface area contributed by atoms with Crippen LogP contribution in [0.1, 0.15) is 45.4 Å². The van der Waals surface area contributed by atoms with Gasteiger partial charge in [-0.15, -0.1) is 11.3 Å². The maximum Gasteiger partial charge on any atom is 0.220 e. The molecule has 20 heavy (non-hydrogen) atoms. The molecule has 0 saturated heterocycles. The number of aliphatic hydroxyl groups is 1. The molecule has 114 valence electrons. The molecule has 1 aromatic rings. The standard InChI is InChI=1S/C15H25NO2S2/c1-14(2,3)20-10-6-8-13(17)16-11-15(4,18)12-7-5-9-19-12/h5,7,9,18H,6,8,10-11H2,1-4H3,(H,16,17). The minimum atomic E-state index is -0.982. The second kappa shape index (κ2) is 7.48. The highest BCUT2D eigenvalue weighted by Gasteiger charge is 2.24. The topological polar surface area (TPSA) is 49.3 Å². The summed E-state index contributed by atoms with van der Waals surface area (Å²) in [4.78, 5) is 12.6. The number of carbonyl (C=O) groups is 1. The molecule has 0 aliphatic carbocycles. The molecule has 1 aromatic heterocycles. The fourth-order valence-corrected chi connectivity index (χ4v) is 3.33. The van der Waals surface area contributed by atoms with Crippen molar-refractivity contribution in [2.24, 2.45) is 0 Å². The number of hydrogen-bond acceptors (Lipinski definition) is 4. The Morgan fingerprint density at radius 1 is 1.40 bits per heavy atom. The van der Waals surface area contributed by atoms with Gasteiger partial charge in [0.25, 0.3) is 0 Å². The summed E-state index contributed by atoms with van der Waals surface area (Å²) in [5, 5.41) is 15.0. The Kier molecular flexibility index (Phi) is 6.55. The van der Waals surface area contributed by atoms with Crippen LogP contribution in [-0.4, -0.2) is 28.1 Å². The van der Waals surface area contributed by atoms with Crippen LogP contribution in [0.15, 0.2) is 17.5 Å². The van der Waals surface area contributed by atoms with E-state index in [0.29, 0.717) is 6.42 Å². The Morgan fingerprint density at radius 2 is 2.10 bits per heavy atom. The van der Waals surface area contributed by atoms with Crippen LogP contribution < -0.4 is 5.32 Å². The SMILES string of the molecule is CC(C)(C)SCCCC(=O)NCC(C)(O)c1cccs1. The third-order valence-corrected chi connectivity index (χ3v) is 5.25. The molecule has 0 aliphatic rings. The van der Waals surface area contributed by atoms with Gasteiger partial charge in [-0.25, -0.2) is 0 Å². The average Bonchev–Trinajstić information content (AvgIpc) is 2.85. The van der Waals surface area contributed by atoms with Crippen LogP contribution in [-0.2, 0) is 10.4 Å². The predicted octanol–water partition coefficient (Wildman–Crippen LogP) is 3.38. The van der Waals surface area contributed by atoms with Gasteiger partial charge in [-0.2, -0.15) is 11.8 Å². The minimum Gasteiger partial charge on any atom is -0.383 e. The van der Waals surface area contributed by atoms with Crippen LogP contribution in [0, 0.1) is 0 Å². The second-order valence-corrected chi connectivity index (χ2v) is 8.96. The van der Waals surface area contributed by atoms with Crippen LogP contribution >= 0.6 is 23.1 Å². The highest BCUT2D eigenvalue weighted by atomic mass is 32.2. The van der Waals surface area contributed by atoms with E-state index in [2.05, 4.69) is 26.1 Å². The fraction of sp³-hybridized carbons (Fsp3) is 0.667. The van der Waals surface area contributed by atoms with E-state index in [1.54, 1.807) is 6.92 Å². The van der Waals surface area contributed by atoms with Crippen LogP contribution in [0.3, 0.4) is 0 Å². The van der Waals surface area contributed by atoms with E-state index in [9.17, 15) is 9.90 Å². The lowest BCUT2D eigenvalue weighted by molar-refractivity contribution is -0.122. The molecule has 1 unspecified atom stereocenters. The van der Waals surface area contributed by atoms with Crippen molar-refractivity contribution in [3.05, 3.63) is 22.4 Å². The van der Waals surface area contributed by atoms with Gasteiger partial charge in [-0.1, -0.05) is 26.8 Å². The van der Waals surface area contributed by atoms with Gasteiger partial charge in [0.15, 0.2) is 0 Å². The predicted molar refractivity (Wildman–Crippen MR) is 88.3 cm³/mol. The highest BCUT2D eigenvalue weighted by molar-refractivity contribution is 8.00. The number of thiophene rings is 1. The molecule has 0 radical (unpaired) electrons. The summed E-state index contributed by atoms with van der Waals surface area (Å²) in [6, 6.07) is 3.79. The number of hydrogen-bond donors (Lipinski definition) is 2. The maximum atomic E-state index is 11.8. The summed E-state index contributed by atoms with van der Waals surface area (Å²) in [7, 11) is 0. The van der Waals surface area contributed by atoms with Gasteiger partial charge >= 0.3 is 0 Å². The van der Waals surface area contributed by atoms with Gasteiger partial charge in [0.1, 0.15) is 5.60 Å². The molecule has 0 aliphatic heterocycles. The number of rotatable bonds is 7. The summed E-state index contributed by atoms with van der Waals surface area (Å²) >= 11 is 3.37. The quantitative estimate of drug-likeness (QED) is 0.758. The van der Waals surface area contributed by atoms with E-state index in [0.717, 1.165) is 17.1 Å². The van der Waals surface area contributed by atoms with Crippen LogP contribution in [0.5, 0.6) is 0 Å². The zero-order chi connectivity index (χ0) is 15.2. The average molecular weight is 316 g/mol. The first-order valence-corrected chi connectivity index (χ1v) is 8.74. The Bertz CT molecular complexity index is 408. The van der Waals surface area contributed by atoms with E-state index in [-0.39, 0.29) is 17.2 Å². The molecule has 0 spiro atoms. The molecule has 0 saturated carbocycles. The second-order valence-electron chi connectivity index (χ2n) is 6.09. The smallest absolute Gasteiger partial charge is 0.220 e. The first kappa shape index (κ1) is 17.5. The van der Waals surface area contributed by atoms with Gasteiger partial charge in [0.2, 0.25) is 5.91 Å². The number of thioether (sulfide) groups is 1. The normalized spacial score (nSPS) is 14.8. The zero-order valence-electron chi connectivity index (χ0n) is 12.7. The van der Waals surface area contributed by atoms with Crippen molar-refractivity contribution in [3.8, 4) is 0 Å². The molecule has 0 aromatic carbocycles. The Labute approximate surface area is 130 Å². The number of carbonyl (C=O) groups excluding carboxylic acids is 1. The molecule has 1 heterocycles. The lowest BCUT2D eigenvalue weighted by Gasteiger charge is -2.22. The van der Waals surface area contributed by atoms with E-state index < -0.39 is 5.60 Å². The fourth-order valence-electron chi connectivity index (χ4n) is 1.64. The van der Waals surface area contributed by atoms with Gasteiger partial charge in [-0.3, -0.25) is 4.79 Å². The highest BCUT2D eigenvalue weighted by Crippen LogP contribution is 2.25. The molecule has 5 heteroatoms. The maximum absolute atomic E-state index is 11.8. The van der Waals surface area contributed by atoms with Crippen molar-refractivity contribution in [1.82, 2.24) is 5.32 Å². The van der Waals surface area contributed by atoms with Crippen molar-refractivity contribution in [1.29, 1.82) is 0 Å². The third-order valence-electron chi connectivity index (χ3n) is 2.77. The number of amides is 1. The van der Waals surface area contributed by atoms with Crippen LogP contribution in [0.25, 0.3) is 0 Å². The molecule has 0 bridgehead atoms. The van der Waals surface area contributed by atoms with Gasteiger partial charge in [-0.05, 0) is 30.5 Å². The first-order valence-electron chi connectivity index (χ1n) is 6.88.